The van der Waals surface area contributed by atoms with Crippen molar-refractivity contribution in [2.45, 2.75) is 31.7 Å². The van der Waals surface area contributed by atoms with Gasteiger partial charge in [0.05, 0.1) is 17.4 Å². The maximum absolute atomic E-state index is 12.7. The van der Waals surface area contributed by atoms with E-state index in [2.05, 4.69) is 32.3 Å². The van der Waals surface area contributed by atoms with Crippen LogP contribution in [0.1, 0.15) is 47.6 Å². The molecule has 1 aliphatic carbocycles. The van der Waals surface area contributed by atoms with Crippen LogP contribution in [0.4, 0.5) is 5.69 Å². The summed E-state index contributed by atoms with van der Waals surface area (Å²) in [6.07, 6.45) is 6.93. The van der Waals surface area contributed by atoms with Gasteiger partial charge in [0.25, 0.3) is 5.91 Å². The Morgan fingerprint density at radius 2 is 2.00 bits per heavy atom. The van der Waals surface area contributed by atoms with Crippen LogP contribution >= 0.6 is 0 Å². The summed E-state index contributed by atoms with van der Waals surface area (Å²) in [6.45, 7) is 2.46. The highest BCUT2D eigenvalue weighted by molar-refractivity contribution is 6.11. The zero-order valence-corrected chi connectivity index (χ0v) is 15.3. The normalized spacial score (nSPS) is 20.2. The molecule has 0 spiro atoms. The van der Waals surface area contributed by atoms with Crippen LogP contribution in [0.2, 0.25) is 0 Å². The highest BCUT2D eigenvalue weighted by atomic mass is 16.1. The van der Waals surface area contributed by atoms with E-state index in [1.807, 2.05) is 24.3 Å². The fraction of sp³-hybridized carbons (Fsp3) is 0.364. The number of nitrogens with zero attached hydrogens (tertiary/aromatic N) is 2. The second-order valence-electron chi connectivity index (χ2n) is 7.78. The lowest BCUT2D eigenvalue weighted by molar-refractivity contribution is 0.102. The number of para-hydroxylation sites is 1. The van der Waals surface area contributed by atoms with Crippen LogP contribution in [0.15, 0.2) is 48.8 Å². The molecule has 2 heterocycles. The average molecular weight is 360 g/mol. The van der Waals surface area contributed by atoms with E-state index in [0.29, 0.717) is 17.1 Å². The zero-order valence-electron chi connectivity index (χ0n) is 15.3. The number of aromatic amines is 1. The predicted octanol–water partition coefficient (Wildman–Crippen LogP) is 4.36. The van der Waals surface area contributed by atoms with Gasteiger partial charge in [-0.25, -0.2) is 4.98 Å². The summed E-state index contributed by atoms with van der Waals surface area (Å²) < 4.78 is 0. The number of hydrogen-bond donors (Lipinski definition) is 2. The molecular formula is C22H24N4O. The van der Waals surface area contributed by atoms with Gasteiger partial charge in [0.1, 0.15) is 5.52 Å². The number of imidazole rings is 1. The van der Waals surface area contributed by atoms with Gasteiger partial charge >= 0.3 is 0 Å². The Kier molecular flexibility index (Phi) is 4.17. The van der Waals surface area contributed by atoms with Crippen LogP contribution in [0.25, 0.3) is 11.0 Å². The fourth-order valence-corrected chi connectivity index (χ4v) is 4.19. The lowest BCUT2D eigenvalue weighted by atomic mass is 10.0. The molecule has 5 heteroatoms. The average Bonchev–Trinajstić information content (AvgIpc) is 3.17. The first kappa shape index (κ1) is 16.5. The van der Waals surface area contributed by atoms with Gasteiger partial charge in [0, 0.05) is 18.3 Å². The van der Waals surface area contributed by atoms with Gasteiger partial charge in [-0.1, -0.05) is 18.2 Å². The summed E-state index contributed by atoms with van der Waals surface area (Å²) in [6, 6.07) is 14.5. The van der Waals surface area contributed by atoms with E-state index < -0.39 is 0 Å². The van der Waals surface area contributed by atoms with Crippen molar-refractivity contribution >= 4 is 22.6 Å². The first-order chi connectivity index (χ1) is 13.3. The van der Waals surface area contributed by atoms with Crippen molar-refractivity contribution in [3.05, 3.63) is 59.9 Å². The minimum atomic E-state index is -0.128. The number of H-pyrrole nitrogens is 1. The van der Waals surface area contributed by atoms with Crippen LogP contribution in [0, 0.1) is 5.92 Å². The number of benzene rings is 2. The van der Waals surface area contributed by atoms with Crippen molar-refractivity contribution in [2.75, 3.05) is 18.4 Å². The molecule has 2 fully saturated rings. The van der Waals surface area contributed by atoms with Crippen LogP contribution in [0.5, 0.6) is 0 Å². The van der Waals surface area contributed by atoms with E-state index in [9.17, 15) is 4.79 Å². The quantitative estimate of drug-likeness (QED) is 0.710. The topological polar surface area (TPSA) is 61.0 Å². The van der Waals surface area contributed by atoms with Gasteiger partial charge < -0.3 is 10.3 Å². The Morgan fingerprint density at radius 3 is 2.81 bits per heavy atom. The molecule has 1 aromatic heterocycles. The number of hydrogen-bond acceptors (Lipinski definition) is 3. The Balaban J connectivity index is 1.30. The third-order valence-electron chi connectivity index (χ3n) is 5.80. The van der Waals surface area contributed by atoms with E-state index in [4.69, 9.17) is 0 Å². The molecule has 27 heavy (non-hydrogen) atoms. The molecule has 3 aromatic rings. The van der Waals surface area contributed by atoms with Crippen molar-refractivity contribution in [3.8, 4) is 0 Å². The molecule has 1 aliphatic heterocycles. The highest BCUT2D eigenvalue weighted by Crippen LogP contribution is 2.37. The number of rotatable bonds is 5. The minimum absolute atomic E-state index is 0.128. The van der Waals surface area contributed by atoms with Crippen molar-refractivity contribution < 1.29 is 4.79 Å². The van der Waals surface area contributed by atoms with Gasteiger partial charge in [0.2, 0.25) is 0 Å². The second kappa shape index (κ2) is 6.82. The second-order valence-corrected chi connectivity index (χ2v) is 7.78. The molecule has 2 N–H and O–H groups in total. The molecule has 1 amide bonds. The molecule has 1 unspecified atom stereocenters. The number of fused-ring (bicyclic) bond motifs is 1. The number of carbonyl (C=O) groups is 1. The molecule has 2 aromatic carbocycles. The monoisotopic (exact) mass is 360 g/mol. The first-order valence-electron chi connectivity index (χ1n) is 9.85. The van der Waals surface area contributed by atoms with E-state index in [0.717, 1.165) is 17.1 Å². The Hall–Kier alpha value is -2.66. The van der Waals surface area contributed by atoms with Crippen LogP contribution in [0.3, 0.4) is 0 Å². The maximum Gasteiger partial charge on any atom is 0.257 e. The largest absolute Gasteiger partial charge is 0.345 e. The summed E-state index contributed by atoms with van der Waals surface area (Å²) in [5.41, 5.74) is 4.34. The summed E-state index contributed by atoms with van der Waals surface area (Å²) >= 11 is 0. The molecule has 1 atom stereocenters. The number of aromatic nitrogens is 2. The maximum atomic E-state index is 12.7. The van der Waals surface area contributed by atoms with Crippen molar-refractivity contribution in [1.82, 2.24) is 14.9 Å². The third-order valence-corrected chi connectivity index (χ3v) is 5.80. The predicted molar refractivity (Wildman–Crippen MR) is 107 cm³/mol. The number of likely N-dealkylation sites (tertiary alicyclic amines) is 1. The van der Waals surface area contributed by atoms with Crippen molar-refractivity contribution in [1.29, 1.82) is 0 Å². The Bertz CT molecular complexity index is 958. The summed E-state index contributed by atoms with van der Waals surface area (Å²) in [5, 5.41) is 3.00. The third kappa shape index (κ3) is 3.35. The number of amides is 1. The van der Waals surface area contributed by atoms with Gasteiger partial charge in [-0.15, -0.1) is 0 Å². The molecule has 5 nitrogen and oxygen atoms in total. The molecular weight excluding hydrogens is 336 g/mol. The molecule has 0 radical (unpaired) electrons. The van der Waals surface area contributed by atoms with Crippen molar-refractivity contribution in [2.24, 2.45) is 5.92 Å². The van der Waals surface area contributed by atoms with E-state index in [-0.39, 0.29) is 5.91 Å². The van der Waals surface area contributed by atoms with E-state index >= 15 is 0 Å². The zero-order chi connectivity index (χ0) is 18.2. The van der Waals surface area contributed by atoms with Crippen molar-refractivity contribution in [3.63, 3.8) is 0 Å². The SMILES string of the molecule is O=C(Nc1ccc(C2CCCN2CC2CC2)cc1)c1cccc2[nH]cnc12. The van der Waals surface area contributed by atoms with Gasteiger partial charge in [-0.05, 0) is 68.0 Å². The van der Waals surface area contributed by atoms with Crippen LogP contribution < -0.4 is 5.32 Å². The van der Waals surface area contributed by atoms with Gasteiger partial charge in [-0.3, -0.25) is 9.69 Å². The number of carbonyl (C=O) groups excluding carboxylic acids is 1. The lowest BCUT2D eigenvalue weighted by Gasteiger charge is -2.25. The summed E-state index contributed by atoms with van der Waals surface area (Å²) in [7, 11) is 0. The van der Waals surface area contributed by atoms with Crippen LogP contribution in [-0.4, -0.2) is 33.9 Å². The molecule has 2 aliphatic rings. The minimum Gasteiger partial charge on any atom is -0.345 e. The number of anilines is 1. The standard InChI is InChI=1S/C22H24N4O/c27-22(18-3-1-4-19-21(18)24-14-23-19)25-17-10-8-16(9-11-17)20-5-2-12-26(20)13-15-6-7-15/h1,3-4,8-11,14-15,20H,2,5-7,12-13H2,(H,23,24)(H,25,27). The molecule has 138 valence electrons. The van der Waals surface area contributed by atoms with E-state index in [1.165, 1.54) is 44.3 Å². The van der Waals surface area contributed by atoms with E-state index in [1.54, 1.807) is 12.4 Å². The molecule has 1 saturated heterocycles. The molecule has 1 saturated carbocycles. The number of nitrogens with one attached hydrogen (secondary N) is 2. The fourth-order valence-electron chi connectivity index (χ4n) is 4.19. The Labute approximate surface area is 158 Å². The highest BCUT2D eigenvalue weighted by Gasteiger charge is 2.31. The molecule has 5 rings (SSSR count). The van der Waals surface area contributed by atoms with Gasteiger partial charge in [-0.2, -0.15) is 0 Å². The summed E-state index contributed by atoms with van der Waals surface area (Å²) in [5.74, 6) is 0.797. The summed E-state index contributed by atoms with van der Waals surface area (Å²) in [4.78, 5) is 22.6. The van der Waals surface area contributed by atoms with Crippen LogP contribution in [-0.2, 0) is 0 Å². The first-order valence-corrected chi connectivity index (χ1v) is 9.85. The lowest BCUT2D eigenvalue weighted by Crippen LogP contribution is -2.25. The Morgan fingerprint density at radius 1 is 1.15 bits per heavy atom. The molecule has 0 bridgehead atoms. The van der Waals surface area contributed by atoms with Gasteiger partial charge in [0.15, 0.2) is 0 Å². The smallest absolute Gasteiger partial charge is 0.257 e.